The Morgan fingerprint density at radius 3 is 2.78 bits per heavy atom. The highest BCUT2D eigenvalue weighted by Gasteiger charge is 2.16. The summed E-state index contributed by atoms with van der Waals surface area (Å²) in [5, 5.41) is 1.40. The smallest absolute Gasteiger partial charge is 0.313 e. The second kappa shape index (κ2) is 4.82. The van der Waals surface area contributed by atoms with Crippen LogP contribution in [0.2, 0.25) is 5.02 Å². The highest BCUT2D eigenvalue weighted by atomic mass is 35.5. The third-order valence-corrected chi connectivity index (χ3v) is 3.20. The van der Waals surface area contributed by atoms with Crippen molar-refractivity contribution < 1.29 is 14.3 Å². The zero-order valence-corrected chi connectivity index (χ0v) is 10.8. The number of benzene rings is 1. The van der Waals surface area contributed by atoms with E-state index in [0.29, 0.717) is 10.6 Å². The minimum absolute atomic E-state index is 0.259. The van der Waals surface area contributed by atoms with Crippen LogP contribution < -0.4 is 0 Å². The molecule has 0 fully saturated rings. The number of nitrogens with one attached hydrogen (secondary N) is 1. The van der Waals surface area contributed by atoms with Crippen molar-refractivity contribution in [3.63, 3.8) is 0 Å². The normalized spacial score (nSPS) is 10.6. The van der Waals surface area contributed by atoms with Gasteiger partial charge in [-0.25, -0.2) is 0 Å². The van der Waals surface area contributed by atoms with E-state index >= 15 is 0 Å². The number of Topliss-reactive ketones (excluding diaryl/α,β-unsaturated/α-hetero) is 1. The van der Waals surface area contributed by atoms with Crippen molar-refractivity contribution in [2.45, 2.75) is 13.3 Å². The molecule has 0 aliphatic rings. The molecule has 2 rings (SSSR count). The van der Waals surface area contributed by atoms with Crippen molar-refractivity contribution in [1.29, 1.82) is 0 Å². The average molecular weight is 266 g/mol. The molecule has 0 unspecified atom stereocenters. The third-order valence-electron chi connectivity index (χ3n) is 2.79. The predicted molar refractivity (Wildman–Crippen MR) is 69.0 cm³/mol. The Balaban J connectivity index is 2.43. The van der Waals surface area contributed by atoms with E-state index in [9.17, 15) is 9.59 Å². The fourth-order valence-corrected chi connectivity index (χ4v) is 1.94. The van der Waals surface area contributed by atoms with Crippen LogP contribution in [0.15, 0.2) is 18.3 Å². The number of H-pyrrole nitrogens is 1. The standard InChI is InChI=1S/C13H12ClNO3/c1-7-3-8-9(12(16)5-13(17)18-2)6-15-11(8)4-10(7)14/h3-4,6,15H,5H2,1-2H3. The lowest BCUT2D eigenvalue weighted by Gasteiger charge is -2.01. The number of ether oxygens (including phenoxy) is 1. The molecule has 1 N–H and O–H groups in total. The Hall–Kier alpha value is -1.81. The molecule has 0 saturated heterocycles. The Labute approximate surface area is 109 Å². The van der Waals surface area contributed by atoms with Crippen LogP contribution in [-0.4, -0.2) is 23.8 Å². The highest BCUT2D eigenvalue weighted by Crippen LogP contribution is 2.26. The van der Waals surface area contributed by atoms with E-state index in [-0.39, 0.29) is 12.2 Å². The van der Waals surface area contributed by atoms with Crippen molar-refractivity contribution in [3.05, 3.63) is 34.5 Å². The summed E-state index contributed by atoms with van der Waals surface area (Å²) in [4.78, 5) is 26.0. The van der Waals surface area contributed by atoms with Crippen molar-refractivity contribution in [1.82, 2.24) is 4.98 Å². The Kier molecular flexibility index (Phi) is 3.39. The number of halogens is 1. The zero-order valence-electron chi connectivity index (χ0n) is 10.0. The Morgan fingerprint density at radius 1 is 1.39 bits per heavy atom. The first-order chi connectivity index (χ1) is 8.52. The van der Waals surface area contributed by atoms with E-state index in [0.717, 1.165) is 16.5 Å². The maximum Gasteiger partial charge on any atom is 0.313 e. The summed E-state index contributed by atoms with van der Waals surface area (Å²) in [5.41, 5.74) is 2.14. The van der Waals surface area contributed by atoms with Gasteiger partial charge in [0.1, 0.15) is 6.42 Å². The third kappa shape index (κ3) is 2.24. The van der Waals surface area contributed by atoms with E-state index in [1.807, 2.05) is 13.0 Å². The largest absolute Gasteiger partial charge is 0.469 e. The van der Waals surface area contributed by atoms with Gasteiger partial charge in [0.15, 0.2) is 5.78 Å². The van der Waals surface area contributed by atoms with E-state index in [2.05, 4.69) is 9.72 Å². The number of aromatic nitrogens is 1. The number of ketones is 1. The maximum atomic E-state index is 11.9. The maximum absolute atomic E-state index is 11.9. The zero-order chi connectivity index (χ0) is 13.3. The molecular weight excluding hydrogens is 254 g/mol. The molecule has 0 aliphatic carbocycles. The Morgan fingerprint density at radius 2 is 2.11 bits per heavy atom. The molecule has 94 valence electrons. The molecule has 5 heteroatoms. The van der Waals surface area contributed by atoms with Crippen LogP contribution in [0.3, 0.4) is 0 Å². The van der Waals surface area contributed by atoms with Crippen molar-refractivity contribution in [2.24, 2.45) is 0 Å². The van der Waals surface area contributed by atoms with Gasteiger partial charge < -0.3 is 9.72 Å². The number of methoxy groups -OCH3 is 1. The number of carbonyl (C=O) groups excluding carboxylic acids is 2. The molecule has 0 atom stereocenters. The fraction of sp³-hybridized carbons (Fsp3) is 0.231. The van der Waals surface area contributed by atoms with Gasteiger partial charge in [-0.1, -0.05) is 11.6 Å². The molecule has 4 nitrogen and oxygen atoms in total. The highest BCUT2D eigenvalue weighted by molar-refractivity contribution is 6.32. The monoisotopic (exact) mass is 265 g/mol. The molecule has 0 amide bonds. The molecule has 18 heavy (non-hydrogen) atoms. The first kappa shape index (κ1) is 12.6. The van der Waals surface area contributed by atoms with E-state index in [1.165, 1.54) is 7.11 Å². The van der Waals surface area contributed by atoms with Crippen molar-refractivity contribution >= 4 is 34.3 Å². The summed E-state index contributed by atoms with van der Waals surface area (Å²) in [7, 11) is 1.26. The summed E-state index contributed by atoms with van der Waals surface area (Å²) in [5.74, 6) is -0.810. The summed E-state index contributed by atoms with van der Waals surface area (Å²) in [6, 6.07) is 3.60. The minimum atomic E-state index is -0.542. The van der Waals surface area contributed by atoms with Gasteiger partial charge in [0, 0.05) is 27.7 Å². The van der Waals surface area contributed by atoms with Gasteiger partial charge in [0.2, 0.25) is 0 Å². The van der Waals surface area contributed by atoms with E-state index in [4.69, 9.17) is 11.6 Å². The lowest BCUT2D eigenvalue weighted by atomic mass is 10.1. The van der Waals surface area contributed by atoms with Gasteiger partial charge >= 0.3 is 5.97 Å². The second-order valence-corrected chi connectivity index (χ2v) is 4.43. The van der Waals surface area contributed by atoms with Crippen LogP contribution >= 0.6 is 11.6 Å². The van der Waals surface area contributed by atoms with Crippen LogP contribution in [0, 0.1) is 6.92 Å². The van der Waals surface area contributed by atoms with E-state index < -0.39 is 5.97 Å². The quantitative estimate of drug-likeness (QED) is 0.527. The van der Waals surface area contributed by atoms with Crippen LogP contribution in [0.4, 0.5) is 0 Å². The number of aryl methyl sites for hydroxylation is 1. The number of fused-ring (bicyclic) bond motifs is 1. The fourth-order valence-electron chi connectivity index (χ4n) is 1.78. The second-order valence-electron chi connectivity index (χ2n) is 4.03. The molecule has 2 aromatic rings. The number of rotatable bonds is 3. The summed E-state index contributed by atoms with van der Waals surface area (Å²) < 4.78 is 4.48. The van der Waals surface area contributed by atoms with Gasteiger partial charge in [0.25, 0.3) is 0 Å². The average Bonchev–Trinajstić information content (AvgIpc) is 2.72. The summed E-state index contributed by atoms with van der Waals surface area (Å²) in [6.07, 6.45) is 1.33. The molecule has 0 bridgehead atoms. The van der Waals surface area contributed by atoms with Gasteiger partial charge in [-0.05, 0) is 24.6 Å². The molecule has 1 aromatic heterocycles. The van der Waals surface area contributed by atoms with Crippen LogP contribution in [-0.2, 0) is 9.53 Å². The summed E-state index contributed by atoms with van der Waals surface area (Å²) in [6.45, 7) is 1.86. The number of hydrogen-bond donors (Lipinski definition) is 1. The lowest BCUT2D eigenvalue weighted by molar-refractivity contribution is -0.139. The van der Waals surface area contributed by atoms with Gasteiger partial charge in [-0.2, -0.15) is 0 Å². The van der Waals surface area contributed by atoms with Crippen LogP contribution in [0.1, 0.15) is 22.3 Å². The topological polar surface area (TPSA) is 59.2 Å². The number of aromatic amines is 1. The molecule has 1 aromatic carbocycles. The number of esters is 1. The first-order valence-electron chi connectivity index (χ1n) is 5.40. The summed E-state index contributed by atoms with van der Waals surface area (Å²) >= 11 is 6.00. The van der Waals surface area contributed by atoms with Crippen molar-refractivity contribution in [2.75, 3.05) is 7.11 Å². The van der Waals surface area contributed by atoms with Gasteiger partial charge in [-0.3, -0.25) is 9.59 Å². The van der Waals surface area contributed by atoms with Gasteiger partial charge in [0.05, 0.1) is 7.11 Å². The molecular formula is C13H12ClNO3. The van der Waals surface area contributed by atoms with Crippen LogP contribution in [0.25, 0.3) is 10.9 Å². The molecule has 0 radical (unpaired) electrons. The molecule has 1 heterocycles. The van der Waals surface area contributed by atoms with Crippen molar-refractivity contribution in [3.8, 4) is 0 Å². The molecule has 0 saturated carbocycles. The predicted octanol–water partition coefficient (Wildman–Crippen LogP) is 2.88. The number of carbonyl (C=O) groups is 2. The molecule has 0 spiro atoms. The molecule has 0 aliphatic heterocycles. The Bertz CT molecular complexity index is 630. The van der Waals surface area contributed by atoms with Crippen LogP contribution in [0.5, 0.6) is 0 Å². The minimum Gasteiger partial charge on any atom is -0.469 e. The SMILES string of the molecule is COC(=O)CC(=O)c1c[nH]c2cc(Cl)c(C)cc12. The van der Waals surface area contributed by atoms with Gasteiger partial charge in [-0.15, -0.1) is 0 Å². The lowest BCUT2D eigenvalue weighted by Crippen LogP contribution is -2.09. The van der Waals surface area contributed by atoms with E-state index in [1.54, 1.807) is 12.3 Å². The first-order valence-corrected chi connectivity index (χ1v) is 5.78. The number of hydrogen-bond acceptors (Lipinski definition) is 3.